The van der Waals surface area contributed by atoms with Gasteiger partial charge in [0.25, 0.3) is 10.0 Å². The number of nitrogens with zero attached hydrogens (tertiary/aromatic N) is 2. The summed E-state index contributed by atoms with van der Waals surface area (Å²) < 4.78 is 28.5. The zero-order chi connectivity index (χ0) is 14.9. The zero-order valence-corrected chi connectivity index (χ0v) is 12.5. The third kappa shape index (κ3) is 2.88. The van der Waals surface area contributed by atoms with E-state index in [4.69, 9.17) is 11.6 Å². The van der Waals surface area contributed by atoms with Crippen molar-refractivity contribution < 1.29 is 13.5 Å². The van der Waals surface area contributed by atoms with Crippen molar-refractivity contribution in [3.63, 3.8) is 0 Å². The lowest BCUT2D eigenvalue weighted by Crippen LogP contribution is -2.13. The predicted molar refractivity (Wildman–Crippen MR) is 76.5 cm³/mol. The minimum Gasteiger partial charge on any atom is -0.506 e. The highest BCUT2D eigenvalue weighted by Crippen LogP contribution is 2.27. The Kier molecular flexibility index (Phi) is 3.92. The molecule has 0 bridgehead atoms. The molecule has 0 saturated heterocycles. The van der Waals surface area contributed by atoms with Crippen molar-refractivity contribution in [3.8, 4) is 5.75 Å². The van der Waals surface area contributed by atoms with Gasteiger partial charge in [0, 0.05) is 19.3 Å². The summed E-state index contributed by atoms with van der Waals surface area (Å²) in [6, 6.07) is 3.76. The number of aromatic hydroxyl groups is 1. The SMILES string of the molecule is CCc1nn(C)cc1NS(=O)(=O)c1ccc(Cl)c(O)c1. The van der Waals surface area contributed by atoms with Crippen molar-refractivity contribution in [3.05, 3.63) is 35.1 Å². The van der Waals surface area contributed by atoms with E-state index in [0.717, 1.165) is 6.07 Å². The van der Waals surface area contributed by atoms with Crippen LogP contribution < -0.4 is 4.72 Å². The van der Waals surface area contributed by atoms with E-state index in [1.807, 2.05) is 6.92 Å². The van der Waals surface area contributed by atoms with Crippen molar-refractivity contribution in [2.75, 3.05) is 4.72 Å². The molecule has 2 aromatic rings. The first-order valence-corrected chi connectivity index (χ1v) is 7.73. The lowest BCUT2D eigenvalue weighted by atomic mass is 10.3. The van der Waals surface area contributed by atoms with Crippen molar-refractivity contribution in [2.24, 2.45) is 7.05 Å². The van der Waals surface area contributed by atoms with E-state index < -0.39 is 10.0 Å². The summed E-state index contributed by atoms with van der Waals surface area (Å²) in [5, 5.41) is 13.7. The van der Waals surface area contributed by atoms with Crippen LogP contribution in [-0.4, -0.2) is 23.3 Å². The highest BCUT2D eigenvalue weighted by molar-refractivity contribution is 7.92. The normalized spacial score (nSPS) is 11.6. The van der Waals surface area contributed by atoms with Gasteiger partial charge >= 0.3 is 0 Å². The molecule has 1 aromatic heterocycles. The molecule has 8 heteroatoms. The number of anilines is 1. The Balaban J connectivity index is 2.37. The quantitative estimate of drug-likeness (QED) is 0.905. The molecule has 108 valence electrons. The number of aromatic nitrogens is 2. The van der Waals surface area contributed by atoms with Gasteiger partial charge < -0.3 is 5.11 Å². The van der Waals surface area contributed by atoms with Crippen LogP contribution in [-0.2, 0) is 23.5 Å². The van der Waals surface area contributed by atoms with Crippen molar-refractivity contribution in [1.82, 2.24) is 9.78 Å². The highest BCUT2D eigenvalue weighted by Gasteiger charge is 2.18. The number of halogens is 1. The van der Waals surface area contributed by atoms with Gasteiger partial charge in [0.2, 0.25) is 0 Å². The Morgan fingerprint density at radius 2 is 2.15 bits per heavy atom. The fraction of sp³-hybridized carbons (Fsp3) is 0.250. The van der Waals surface area contributed by atoms with Gasteiger partial charge in [0.1, 0.15) is 5.75 Å². The molecule has 6 nitrogen and oxygen atoms in total. The standard InChI is InChI=1S/C12H14ClN3O3S/c1-3-10-11(7-16(2)14-10)15-20(18,19)8-4-5-9(13)12(17)6-8/h4-7,15,17H,3H2,1-2H3. The number of sulfonamides is 1. The lowest BCUT2D eigenvalue weighted by molar-refractivity contribution is 0.473. The molecule has 0 unspecified atom stereocenters. The van der Waals surface area contributed by atoms with Gasteiger partial charge in [-0.15, -0.1) is 0 Å². The molecule has 1 aromatic carbocycles. The topological polar surface area (TPSA) is 84.2 Å². The monoisotopic (exact) mass is 315 g/mol. The van der Waals surface area contributed by atoms with Gasteiger partial charge in [-0.3, -0.25) is 9.40 Å². The van der Waals surface area contributed by atoms with E-state index in [1.54, 1.807) is 13.2 Å². The van der Waals surface area contributed by atoms with Crippen molar-refractivity contribution in [1.29, 1.82) is 0 Å². The van der Waals surface area contributed by atoms with E-state index in [1.165, 1.54) is 16.8 Å². The molecule has 0 radical (unpaired) electrons. The zero-order valence-electron chi connectivity index (χ0n) is 11.0. The number of aryl methyl sites for hydroxylation is 2. The van der Waals surface area contributed by atoms with Gasteiger partial charge in [0.15, 0.2) is 0 Å². The molecule has 0 amide bonds. The van der Waals surface area contributed by atoms with E-state index in [9.17, 15) is 13.5 Å². The summed E-state index contributed by atoms with van der Waals surface area (Å²) in [4.78, 5) is -0.0645. The molecular formula is C12H14ClN3O3S. The van der Waals surface area contributed by atoms with Crippen molar-refractivity contribution >= 4 is 27.3 Å². The summed E-state index contributed by atoms with van der Waals surface area (Å²) in [6.07, 6.45) is 2.19. The Labute approximate surface area is 122 Å². The van der Waals surface area contributed by atoms with Gasteiger partial charge in [-0.25, -0.2) is 8.42 Å². The molecule has 0 aliphatic heterocycles. The average Bonchev–Trinajstić information content (AvgIpc) is 2.72. The van der Waals surface area contributed by atoms with Crippen LogP contribution in [0.4, 0.5) is 5.69 Å². The third-order valence-electron chi connectivity index (χ3n) is 2.71. The smallest absolute Gasteiger partial charge is 0.262 e. The minimum atomic E-state index is -3.79. The van der Waals surface area contributed by atoms with Crippen LogP contribution in [0.15, 0.2) is 29.3 Å². The number of hydrogen-bond donors (Lipinski definition) is 2. The highest BCUT2D eigenvalue weighted by atomic mass is 35.5. The van der Waals surface area contributed by atoms with Gasteiger partial charge in [-0.1, -0.05) is 18.5 Å². The van der Waals surface area contributed by atoms with Crippen LogP contribution in [0, 0.1) is 0 Å². The first-order valence-electron chi connectivity index (χ1n) is 5.87. The van der Waals surface area contributed by atoms with E-state index in [-0.39, 0.29) is 15.7 Å². The Morgan fingerprint density at radius 3 is 2.75 bits per heavy atom. The Hall–Kier alpha value is -1.73. The molecule has 0 aliphatic carbocycles. The maximum absolute atomic E-state index is 12.2. The summed E-state index contributed by atoms with van der Waals surface area (Å²) in [6.45, 7) is 1.88. The first-order chi connectivity index (χ1) is 9.33. The molecule has 2 N–H and O–H groups in total. The number of nitrogens with one attached hydrogen (secondary N) is 1. The number of hydrogen-bond acceptors (Lipinski definition) is 4. The van der Waals surface area contributed by atoms with Gasteiger partial charge in [0.05, 0.1) is 21.3 Å². The second-order valence-electron chi connectivity index (χ2n) is 4.24. The van der Waals surface area contributed by atoms with Crippen LogP contribution in [0.2, 0.25) is 5.02 Å². The summed E-state index contributed by atoms with van der Waals surface area (Å²) in [5.41, 5.74) is 1.07. The minimum absolute atomic E-state index is 0.0645. The number of rotatable bonds is 4. The summed E-state index contributed by atoms with van der Waals surface area (Å²) in [5.74, 6) is -0.281. The lowest BCUT2D eigenvalue weighted by Gasteiger charge is -2.08. The van der Waals surface area contributed by atoms with Crippen LogP contribution in [0.25, 0.3) is 0 Å². The fourth-order valence-corrected chi connectivity index (χ4v) is 2.95. The van der Waals surface area contributed by atoms with Crippen LogP contribution in [0.1, 0.15) is 12.6 Å². The molecule has 0 aliphatic rings. The second-order valence-corrected chi connectivity index (χ2v) is 6.33. The van der Waals surface area contributed by atoms with Crippen molar-refractivity contribution in [2.45, 2.75) is 18.2 Å². The van der Waals surface area contributed by atoms with Crippen LogP contribution in [0.3, 0.4) is 0 Å². The predicted octanol–water partition coefficient (Wildman–Crippen LogP) is 2.14. The van der Waals surface area contributed by atoms with Crippen LogP contribution in [0.5, 0.6) is 5.75 Å². The largest absolute Gasteiger partial charge is 0.506 e. The van der Waals surface area contributed by atoms with Gasteiger partial charge in [-0.05, 0) is 18.6 Å². The molecule has 1 heterocycles. The number of benzene rings is 1. The Bertz CT molecular complexity index is 740. The molecule has 0 fully saturated rings. The maximum Gasteiger partial charge on any atom is 0.262 e. The van der Waals surface area contributed by atoms with Gasteiger partial charge in [-0.2, -0.15) is 5.10 Å². The average molecular weight is 316 g/mol. The maximum atomic E-state index is 12.2. The Morgan fingerprint density at radius 1 is 1.45 bits per heavy atom. The van der Waals surface area contributed by atoms with E-state index in [0.29, 0.717) is 17.8 Å². The fourth-order valence-electron chi connectivity index (χ4n) is 1.74. The number of phenolic OH excluding ortho intramolecular Hbond substituents is 1. The molecule has 0 spiro atoms. The summed E-state index contributed by atoms with van der Waals surface area (Å²) >= 11 is 5.66. The molecule has 0 atom stereocenters. The summed E-state index contributed by atoms with van der Waals surface area (Å²) in [7, 11) is -2.08. The van der Waals surface area contributed by atoms with Crippen LogP contribution >= 0.6 is 11.6 Å². The van der Waals surface area contributed by atoms with E-state index >= 15 is 0 Å². The molecule has 0 saturated carbocycles. The first kappa shape index (κ1) is 14.7. The third-order valence-corrected chi connectivity index (χ3v) is 4.40. The second kappa shape index (κ2) is 5.34. The number of phenols is 1. The molecule has 2 rings (SSSR count). The van der Waals surface area contributed by atoms with E-state index in [2.05, 4.69) is 9.82 Å². The molecular weight excluding hydrogens is 302 g/mol. The molecule has 20 heavy (non-hydrogen) atoms.